The third kappa shape index (κ3) is 1.67. The molecular weight excluding hydrogens is 160 g/mol. The van der Waals surface area contributed by atoms with Crippen molar-refractivity contribution in [3.8, 4) is 0 Å². The lowest BCUT2D eigenvalue weighted by Crippen LogP contribution is -2.27. The Morgan fingerprint density at radius 2 is 2.08 bits per heavy atom. The molecule has 2 aliphatic rings. The van der Waals surface area contributed by atoms with Crippen LogP contribution in [0.15, 0.2) is 11.1 Å². The second-order valence-corrected chi connectivity index (χ2v) is 5.22. The Balaban J connectivity index is 2.29. The van der Waals surface area contributed by atoms with Crippen molar-refractivity contribution in [2.75, 3.05) is 0 Å². The van der Waals surface area contributed by atoms with E-state index in [-0.39, 0.29) is 6.10 Å². The number of rotatable bonds is 0. The van der Waals surface area contributed by atoms with E-state index < -0.39 is 0 Å². The molecule has 0 heterocycles. The predicted octanol–water partition coefficient (Wildman–Crippen LogP) is 3.04. The maximum atomic E-state index is 9.65. The Kier molecular flexibility index (Phi) is 2.23. The Hall–Kier alpha value is -0.300. The van der Waals surface area contributed by atoms with Gasteiger partial charge in [-0.25, -0.2) is 0 Å². The van der Waals surface area contributed by atoms with Crippen LogP contribution in [0.4, 0.5) is 0 Å². The number of hydrogen-bond donors (Lipinski definition) is 1. The molecule has 0 fully saturated rings. The van der Waals surface area contributed by atoms with Crippen molar-refractivity contribution in [2.24, 2.45) is 5.41 Å². The Morgan fingerprint density at radius 1 is 1.31 bits per heavy atom. The lowest BCUT2D eigenvalue weighted by atomic mass is 9.67. The summed E-state index contributed by atoms with van der Waals surface area (Å²) in [4.78, 5) is 0. The summed E-state index contributed by atoms with van der Waals surface area (Å²) < 4.78 is 0. The standard InChI is InChI=1S/C12H20O/c1-12(2)7-3-4-9-5-6-10(13)8-11(9)12/h10,13H,3-8H2,1-2H3/t10-/m0/s1. The number of hydrogen-bond acceptors (Lipinski definition) is 1. The minimum Gasteiger partial charge on any atom is -0.393 e. The highest BCUT2D eigenvalue weighted by Crippen LogP contribution is 2.46. The smallest absolute Gasteiger partial charge is 0.0580 e. The fourth-order valence-corrected chi connectivity index (χ4v) is 2.90. The third-order valence-corrected chi connectivity index (χ3v) is 3.74. The zero-order valence-corrected chi connectivity index (χ0v) is 8.77. The average molecular weight is 180 g/mol. The van der Waals surface area contributed by atoms with Gasteiger partial charge in [-0.3, -0.25) is 0 Å². The number of aliphatic hydroxyl groups excluding tert-OH is 1. The SMILES string of the molecule is CC1(C)CCCC2=C1C[C@@H](O)CC2. The molecule has 2 rings (SSSR count). The molecule has 1 nitrogen and oxygen atoms in total. The van der Waals surface area contributed by atoms with Crippen molar-refractivity contribution in [3.05, 3.63) is 11.1 Å². The normalized spacial score (nSPS) is 33.0. The minimum absolute atomic E-state index is 0.0591. The monoisotopic (exact) mass is 180 g/mol. The molecule has 0 radical (unpaired) electrons. The highest BCUT2D eigenvalue weighted by Gasteiger charge is 2.33. The second kappa shape index (κ2) is 3.13. The molecule has 0 aromatic heterocycles. The van der Waals surface area contributed by atoms with E-state index in [1.54, 1.807) is 11.1 Å². The first-order valence-electron chi connectivity index (χ1n) is 5.49. The van der Waals surface area contributed by atoms with Crippen molar-refractivity contribution in [2.45, 2.75) is 58.5 Å². The molecule has 0 unspecified atom stereocenters. The Labute approximate surface area is 80.8 Å². The first kappa shape index (κ1) is 9.26. The first-order valence-corrected chi connectivity index (χ1v) is 5.49. The molecule has 0 saturated carbocycles. The molecule has 0 bridgehead atoms. The maximum absolute atomic E-state index is 9.65. The van der Waals surface area contributed by atoms with E-state index in [1.807, 2.05) is 0 Å². The van der Waals surface area contributed by atoms with Gasteiger partial charge in [0.25, 0.3) is 0 Å². The van der Waals surface area contributed by atoms with Gasteiger partial charge in [-0.15, -0.1) is 0 Å². The summed E-state index contributed by atoms with van der Waals surface area (Å²) in [6.07, 6.45) is 6.99. The number of allylic oxidation sites excluding steroid dienone is 1. The van der Waals surface area contributed by atoms with E-state index in [4.69, 9.17) is 0 Å². The van der Waals surface area contributed by atoms with Crippen LogP contribution in [-0.2, 0) is 0 Å². The van der Waals surface area contributed by atoms with E-state index >= 15 is 0 Å². The summed E-state index contributed by atoms with van der Waals surface area (Å²) in [7, 11) is 0. The van der Waals surface area contributed by atoms with Crippen LogP contribution in [-0.4, -0.2) is 11.2 Å². The molecule has 0 spiro atoms. The van der Waals surface area contributed by atoms with E-state index in [2.05, 4.69) is 13.8 Å². The maximum Gasteiger partial charge on any atom is 0.0580 e. The molecule has 0 saturated heterocycles. The zero-order chi connectivity index (χ0) is 9.47. The number of aliphatic hydroxyl groups is 1. The van der Waals surface area contributed by atoms with Crippen LogP contribution in [0.25, 0.3) is 0 Å². The average Bonchev–Trinajstić information content (AvgIpc) is 2.06. The molecule has 1 N–H and O–H groups in total. The van der Waals surface area contributed by atoms with Gasteiger partial charge in [-0.05, 0) is 43.9 Å². The van der Waals surface area contributed by atoms with Gasteiger partial charge in [-0.1, -0.05) is 25.0 Å². The van der Waals surface area contributed by atoms with E-state index in [1.165, 1.54) is 19.3 Å². The first-order chi connectivity index (χ1) is 6.09. The molecule has 1 heteroatoms. The summed E-state index contributed by atoms with van der Waals surface area (Å²) in [6, 6.07) is 0. The molecule has 13 heavy (non-hydrogen) atoms. The van der Waals surface area contributed by atoms with Crippen LogP contribution in [0.1, 0.15) is 52.4 Å². The van der Waals surface area contributed by atoms with Crippen molar-refractivity contribution in [1.82, 2.24) is 0 Å². The van der Waals surface area contributed by atoms with Crippen LogP contribution in [0.5, 0.6) is 0 Å². The van der Waals surface area contributed by atoms with Crippen molar-refractivity contribution in [3.63, 3.8) is 0 Å². The highest BCUT2D eigenvalue weighted by molar-refractivity contribution is 5.26. The minimum atomic E-state index is -0.0591. The van der Waals surface area contributed by atoms with E-state index in [0.29, 0.717) is 5.41 Å². The molecule has 1 atom stereocenters. The van der Waals surface area contributed by atoms with E-state index in [0.717, 1.165) is 19.3 Å². The molecule has 0 aliphatic heterocycles. The quantitative estimate of drug-likeness (QED) is 0.568. The third-order valence-electron chi connectivity index (χ3n) is 3.74. The Morgan fingerprint density at radius 3 is 2.85 bits per heavy atom. The van der Waals surface area contributed by atoms with Crippen molar-refractivity contribution in [1.29, 1.82) is 0 Å². The molecule has 2 aliphatic carbocycles. The van der Waals surface area contributed by atoms with Gasteiger partial charge < -0.3 is 5.11 Å². The summed E-state index contributed by atoms with van der Waals surface area (Å²) in [5.41, 5.74) is 3.62. The molecule has 0 amide bonds. The fourth-order valence-electron chi connectivity index (χ4n) is 2.90. The van der Waals surface area contributed by atoms with Crippen LogP contribution < -0.4 is 0 Å². The van der Waals surface area contributed by atoms with Gasteiger partial charge in [0.05, 0.1) is 6.10 Å². The van der Waals surface area contributed by atoms with Crippen molar-refractivity contribution >= 4 is 0 Å². The fraction of sp³-hybridized carbons (Fsp3) is 0.833. The van der Waals surface area contributed by atoms with Crippen LogP contribution >= 0.6 is 0 Å². The van der Waals surface area contributed by atoms with Gasteiger partial charge in [-0.2, -0.15) is 0 Å². The van der Waals surface area contributed by atoms with Crippen molar-refractivity contribution < 1.29 is 5.11 Å². The van der Waals surface area contributed by atoms with Crippen LogP contribution in [0, 0.1) is 5.41 Å². The van der Waals surface area contributed by atoms with E-state index in [9.17, 15) is 5.11 Å². The predicted molar refractivity (Wildman–Crippen MR) is 54.5 cm³/mol. The molecule has 0 aromatic carbocycles. The zero-order valence-electron chi connectivity index (χ0n) is 8.77. The second-order valence-electron chi connectivity index (χ2n) is 5.22. The van der Waals surface area contributed by atoms with Crippen LogP contribution in [0.3, 0.4) is 0 Å². The van der Waals surface area contributed by atoms with Gasteiger partial charge in [0.1, 0.15) is 0 Å². The summed E-state index contributed by atoms with van der Waals surface area (Å²) in [5, 5.41) is 9.65. The molecule has 74 valence electrons. The molecule has 0 aromatic rings. The van der Waals surface area contributed by atoms with Gasteiger partial charge in [0.2, 0.25) is 0 Å². The lowest BCUT2D eigenvalue weighted by molar-refractivity contribution is 0.142. The highest BCUT2D eigenvalue weighted by atomic mass is 16.3. The van der Waals surface area contributed by atoms with Crippen LogP contribution in [0.2, 0.25) is 0 Å². The van der Waals surface area contributed by atoms with Gasteiger partial charge in [0, 0.05) is 0 Å². The lowest BCUT2D eigenvalue weighted by Gasteiger charge is -2.39. The molecular formula is C12H20O. The van der Waals surface area contributed by atoms with Gasteiger partial charge in [0.15, 0.2) is 0 Å². The van der Waals surface area contributed by atoms with Gasteiger partial charge >= 0.3 is 0 Å². The summed E-state index contributed by atoms with van der Waals surface area (Å²) in [6.45, 7) is 4.67. The summed E-state index contributed by atoms with van der Waals surface area (Å²) >= 11 is 0. The summed E-state index contributed by atoms with van der Waals surface area (Å²) in [5.74, 6) is 0. The Bertz CT molecular complexity index is 238. The topological polar surface area (TPSA) is 20.2 Å². The largest absolute Gasteiger partial charge is 0.393 e.